The first-order valence-corrected chi connectivity index (χ1v) is 5.55. The van der Waals surface area contributed by atoms with Gasteiger partial charge in [-0.3, -0.25) is 0 Å². The van der Waals surface area contributed by atoms with Crippen molar-refractivity contribution in [3.05, 3.63) is 41.5 Å². The molecule has 0 aliphatic rings. The van der Waals surface area contributed by atoms with E-state index in [9.17, 15) is 0 Å². The average molecular weight is 233 g/mol. The van der Waals surface area contributed by atoms with Crippen LogP contribution in [0.25, 0.3) is 0 Å². The Kier molecular flexibility index (Phi) is 3.39. The maximum absolute atomic E-state index is 9.17. The molecule has 0 fully saturated rings. The Labute approximate surface area is 99.3 Å². The van der Waals surface area contributed by atoms with Crippen LogP contribution in [0.4, 0.5) is 0 Å². The lowest BCUT2D eigenvalue weighted by molar-refractivity contribution is 0.348. The minimum absolute atomic E-state index is 0.198. The third-order valence-electron chi connectivity index (χ3n) is 2.54. The number of benzene rings is 1. The lowest BCUT2D eigenvalue weighted by Gasteiger charge is -1.99. The molecule has 0 aliphatic heterocycles. The number of rotatable bonds is 4. The monoisotopic (exact) mass is 233 g/mol. The van der Waals surface area contributed by atoms with Crippen molar-refractivity contribution >= 4 is 0 Å². The summed E-state index contributed by atoms with van der Waals surface area (Å²) in [4.78, 5) is 4.23. The van der Waals surface area contributed by atoms with Gasteiger partial charge in [-0.15, -0.1) is 0 Å². The van der Waals surface area contributed by atoms with Crippen LogP contribution in [0.1, 0.15) is 36.7 Å². The fourth-order valence-electron chi connectivity index (χ4n) is 1.46. The summed E-state index contributed by atoms with van der Waals surface area (Å²) < 4.78 is 5.08. The Morgan fingerprint density at radius 1 is 1.35 bits per heavy atom. The summed E-state index contributed by atoms with van der Waals surface area (Å²) in [5.41, 5.74) is 6.81. The highest BCUT2D eigenvalue weighted by Crippen LogP contribution is 2.15. The average Bonchev–Trinajstić information content (AvgIpc) is 2.80. The smallest absolute Gasteiger partial charge is 0.243 e. The first kappa shape index (κ1) is 11.6. The van der Waals surface area contributed by atoms with Crippen LogP contribution in [-0.2, 0) is 6.42 Å². The number of phenolic OH excluding ortho intramolecular Hbond substituents is 1. The highest BCUT2D eigenvalue weighted by atomic mass is 16.5. The van der Waals surface area contributed by atoms with Crippen LogP contribution in [0.15, 0.2) is 28.8 Å². The van der Waals surface area contributed by atoms with Gasteiger partial charge in [-0.2, -0.15) is 4.98 Å². The molecule has 2 aromatic rings. The summed E-state index contributed by atoms with van der Waals surface area (Å²) in [6.45, 7) is 1.97. The summed E-state index contributed by atoms with van der Waals surface area (Å²) in [5, 5.41) is 13.0. The maximum atomic E-state index is 9.17. The van der Waals surface area contributed by atoms with E-state index >= 15 is 0 Å². The molecule has 3 N–H and O–H groups in total. The van der Waals surface area contributed by atoms with E-state index in [2.05, 4.69) is 10.1 Å². The minimum atomic E-state index is -0.198. The van der Waals surface area contributed by atoms with Gasteiger partial charge in [0.15, 0.2) is 5.82 Å². The molecule has 5 heteroatoms. The molecule has 1 aromatic carbocycles. The number of hydrogen-bond donors (Lipinski definition) is 2. The molecule has 2 rings (SSSR count). The second-order valence-electron chi connectivity index (χ2n) is 3.91. The third kappa shape index (κ3) is 2.82. The van der Waals surface area contributed by atoms with Crippen molar-refractivity contribution in [1.29, 1.82) is 0 Å². The van der Waals surface area contributed by atoms with Crippen LogP contribution in [0.3, 0.4) is 0 Å². The van der Waals surface area contributed by atoms with Gasteiger partial charge in [0.1, 0.15) is 5.75 Å². The van der Waals surface area contributed by atoms with Gasteiger partial charge in [-0.25, -0.2) is 0 Å². The van der Waals surface area contributed by atoms with E-state index < -0.39 is 0 Å². The Morgan fingerprint density at radius 3 is 2.71 bits per heavy atom. The SMILES string of the molecule is CCC(N)c1nc(Cc2ccc(O)cc2)no1. The molecule has 0 radical (unpaired) electrons. The maximum Gasteiger partial charge on any atom is 0.243 e. The van der Waals surface area contributed by atoms with Crippen molar-refractivity contribution in [3.8, 4) is 5.75 Å². The van der Waals surface area contributed by atoms with Gasteiger partial charge in [0, 0.05) is 6.42 Å². The Morgan fingerprint density at radius 2 is 2.06 bits per heavy atom. The van der Waals surface area contributed by atoms with Crippen LogP contribution in [0.2, 0.25) is 0 Å². The number of nitrogens with two attached hydrogens (primary N) is 1. The molecule has 1 atom stereocenters. The summed E-state index contributed by atoms with van der Waals surface area (Å²) in [7, 11) is 0. The predicted octanol–water partition coefficient (Wildman–Crippen LogP) is 1.78. The molecule has 0 aliphatic carbocycles. The van der Waals surface area contributed by atoms with Gasteiger partial charge in [0.05, 0.1) is 6.04 Å². The summed E-state index contributed by atoms with van der Waals surface area (Å²) in [6.07, 6.45) is 1.33. The van der Waals surface area contributed by atoms with E-state index in [-0.39, 0.29) is 11.8 Å². The molecule has 1 unspecified atom stereocenters. The van der Waals surface area contributed by atoms with Gasteiger partial charge < -0.3 is 15.4 Å². The van der Waals surface area contributed by atoms with Crippen LogP contribution in [0, 0.1) is 0 Å². The topological polar surface area (TPSA) is 85.2 Å². The summed E-state index contributed by atoms with van der Waals surface area (Å²) in [6, 6.07) is 6.72. The number of hydrogen-bond acceptors (Lipinski definition) is 5. The zero-order valence-electron chi connectivity index (χ0n) is 9.63. The van der Waals surface area contributed by atoms with Gasteiger partial charge in [-0.1, -0.05) is 24.2 Å². The summed E-state index contributed by atoms with van der Waals surface area (Å²) in [5.74, 6) is 1.33. The molecule has 17 heavy (non-hydrogen) atoms. The van der Waals surface area contributed by atoms with Crippen molar-refractivity contribution in [2.24, 2.45) is 5.73 Å². The normalized spacial score (nSPS) is 12.6. The highest BCUT2D eigenvalue weighted by molar-refractivity contribution is 5.27. The lowest BCUT2D eigenvalue weighted by atomic mass is 10.1. The molecule has 90 valence electrons. The number of nitrogens with zero attached hydrogens (tertiary/aromatic N) is 2. The molecule has 0 amide bonds. The summed E-state index contributed by atoms with van der Waals surface area (Å²) >= 11 is 0. The lowest BCUT2D eigenvalue weighted by Crippen LogP contribution is -2.08. The molecule has 0 saturated carbocycles. The van der Waals surface area contributed by atoms with Crippen LogP contribution in [0.5, 0.6) is 5.75 Å². The fraction of sp³-hybridized carbons (Fsp3) is 0.333. The second kappa shape index (κ2) is 4.97. The Bertz CT molecular complexity index is 479. The molecule has 0 spiro atoms. The Balaban J connectivity index is 2.08. The molecule has 5 nitrogen and oxygen atoms in total. The van der Waals surface area contributed by atoms with Crippen molar-refractivity contribution in [2.45, 2.75) is 25.8 Å². The van der Waals surface area contributed by atoms with Gasteiger partial charge in [-0.05, 0) is 24.1 Å². The van der Waals surface area contributed by atoms with E-state index in [1.807, 2.05) is 19.1 Å². The van der Waals surface area contributed by atoms with Crippen LogP contribution < -0.4 is 5.73 Å². The first-order chi connectivity index (χ1) is 8.19. The molecule has 1 aromatic heterocycles. The van der Waals surface area contributed by atoms with Crippen molar-refractivity contribution in [2.75, 3.05) is 0 Å². The largest absolute Gasteiger partial charge is 0.508 e. The molecular weight excluding hydrogens is 218 g/mol. The predicted molar refractivity (Wildman–Crippen MR) is 62.4 cm³/mol. The molecule has 0 saturated heterocycles. The number of aromatic hydroxyl groups is 1. The number of aromatic nitrogens is 2. The van der Waals surface area contributed by atoms with Crippen LogP contribution in [-0.4, -0.2) is 15.2 Å². The van der Waals surface area contributed by atoms with Crippen molar-refractivity contribution in [1.82, 2.24) is 10.1 Å². The molecular formula is C12H15N3O2. The zero-order chi connectivity index (χ0) is 12.3. The van der Waals surface area contributed by atoms with Gasteiger partial charge in [0.25, 0.3) is 0 Å². The third-order valence-corrected chi connectivity index (χ3v) is 2.54. The molecule has 0 bridgehead atoms. The van der Waals surface area contributed by atoms with Gasteiger partial charge >= 0.3 is 0 Å². The van der Waals surface area contributed by atoms with Gasteiger partial charge in [0.2, 0.25) is 5.89 Å². The van der Waals surface area contributed by atoms with E-state index in [0.29, 0.717) is 18.1 Å². The molecule has 1 heterocycles. The fourth-order valence-corrected chi connectivity index (χ4v) is 1.46. The minimum Gasteiger partial charge on any atom is -0.508 e. The number of phenols is 1. The van der Waals surface area contributed by atoms with Crippen LogP contribution >= 0.6 is 0 Å². The first-order valence-electron chi connectivity index (χ1n) is 5.55. The van der Waals surface area contributed by atoms with E-state index in [0.717, 1.165) is 12.0 Å². The second-order valence-corrected chi connectivity index (χ2v) is 3.91. The van der Waals surface area contributed by atoms with Crippen molar-refractivity contribution < 1.29 is 9.63 Å². The Hall–Kier alpha value is -1.88. The quantitative estimate of drug-likeness (QED) is 0.840. The van der Waals surface area contributed by atoms with E-state index in [1.54, 1.807) is 12.1 Å². The van der Waals surface area contributed by atoms with E-state index in [4.69, 9.17) is 15.4 Å². The van der Waals surface area contributed by atoms with Crippen molar-refractivity contribution in [3.63, 3.8) is 0 Å². The highest BCUT2D eigenvalue weighted by Gasteiger charge is 2.12. The van der Waals surface area contributed by atoms with E-state index in [1.165, 1.54) is 0 Å². The zero-order valence-corrected chi connectivity index (χ0v) is 9.63. The standard InChI is InChI=1S/C12H15N3O2/c1-2-10(13)12-14-11(15-17-12)7-8-3-5-9(16)6-4-8/h3-6,10,16H,2,7,13H2,1H3.